The first-order valence-corrected chi connectivity index (χ1v) is 13.5. The molecule has 2 aliphatic heterocycles. The van der Waals surface area contributed by atoms with E-state index >= 15 is 0 Å². The van der Waals surface area contributed by atoms with Gasteiger partial charge in [0.15, 0.2) is 5.82 Å². The van der Waals surface area contributed by atoms with Gasteiger partial charge in [0.25, 0.3) is 5.56 Å². The minimum atomic E-state index is -0.476. The summed E-state index contributed by atoms with van der Waals surface area (Å²) in [5, 5.41) is 13.6. The van der Waals surface area contributed by atoms with E-state index in [1.54, 1.807) is 16.8 Å². The van der Waals surface area contributed by atoms with Crippen LogP contribution in [-0.2, 0) is 11.3 Å². The number of benzene rings is 2. The molecule has 4 heterocycles. The summed E-state index contributed by atoms with van der Waals surface area (Å²) in [6.45, 7) is 5.03. The van der Waals surface area contributed by atoms with E-state index < -0.39 is 6.04 Å². The van der Waals surface area contributed by atoms with Crippen LogP contribution in [0.3, 0.4) is 0 Å². The highest BCUT2D eigenvalue weighted by Gasteiger charge is 2.32. The van der Waals surface area contributed by atoms with Gasteiger partial charge in [0.1, 0.15) is 17.6 Å². The van der Waals surface area contributed by atoms with E-state index in [2.05, 4.69) is 31.5 Å². The summed E-state index contributed by atoms with van der Waals surface area (Å²) in [6.07, 6.45) is 4.90. The third-order valence-corrected chi connectivity index (χ3v) is 7.48. The maximum absolute atomic E-state index is 13.5. The largest absolute Gasteiger partial charge is 0.494 e. The van der Waals surface area contributed by atoms with Gasteiger partial charge in [-0.3, -0.25) is 9.69 Å². The summed E-state index contributed by atoms with van der Waals surface area (Å²) >= 11 is 0. The number of nitrogens with one attached hydrogen (secondary N) is 1. The maximum Gasteiger partial charge on any atom is 0.253 e. The molecule has 2 aromatic carbocycles. The molecule has 202 valence electrons. The second-order valence-corrected chi connectivity index (χ2v) is 9.97. The number of fused-ring (bicyclic) bond motifs is 1. The first-order chi connectivity index (χ1) is 19.1. The van der Waals surface area contributed by atoms with Crippen LogP contribution >= 0.6 is 0 Å². The average molecular weight is 531 g/mol. The smallest absolute Gasteiger partial charge is 0.253 e. The van der Waals surface area contributed by atoms with Crippen LogP contribution < -0.4 is 10.3 Å². The van der Waals surface area contributed by atoms with Crippen molar-refractivity contribution in [3.63, 3.8) is 0 Å². The van der Waals surface area contributed by atoms with Crippen molar-refractivity contribution in [2.75, 3.05) is 26.3 Å². The van der Waals surface area contributed by atoms with Gasteiger partial charge in [-0.2, -0.15) is 0 Å². The first-order valence-electron chi connectivity index (χ1n) is 13.5. The predicted molar refractivity (Wildman–Crippen MR) is 145 cm³/mol. The minimum Gasteiger partial charge on any atom is -0.494 e. The second-order valence-electron chi connectivity index (χ2n) is 9.97. The molecule has 0 unspecified atom stereocenters. The number of pyridine rings is 1. The lowest BCUT2D eigenvalue weighted by Gasteiger charge is -2.33. The van der Waals surface area contributed by atoms with Crippen molar-refractivity contribution in [2.45, 2.75) is 44.9 Å². The summed E-state index contributed by atoms with van der Waals surface area (Å²) in [6, 6.07) is 13.7. The molecule has 2 aromatic heterocycles. The summed E-state index contributed by atoms with van der Waals surface area (Å²) in [5.41, 5.74) is 3.28. The topological polar surface area (TPSA) is 98.2 Å². The highest BCUT2D eigenvalue weighted by atomic mass is 19.1. The van der Waals surface area contributed by atoms with E-state index in [0.29, 0.717) is 37.6 Å². The number of ether oxygens (including phenoxy) is 2. The van der Waals surface area contributed by atoms with Crippen LogP contribution in [0, 0.1) is 5.82 Å². The summed E-state index contributed by atoms with van der Waals surface area (Å²) < 4.78 is 26.8. The second kappa shape index (κ2) is 11.1. The summed E-state index contributed by atoms with van der Waals surface area (Å²) in [7, 11) is 0. The lowest BCUT2D eigenvalue weighted by Crippen LogP contribution is -2.38. The van der Waals surface area contributed by atoms with Crippen molar-refractivity contribution in [1.82, 2.24) is 30.1 Å². The number of aromatic nitrogens is 5. The van der Waals surface area contributed by atoms with Gasteiger partial charge < -0.3 is 14.5 Å². The molecule has 0 bridgehead atoms. The van der Waals surface area contributed by atoms with Gasteiger partial charge in [0, 0.05) is 36.2 Å². The standard InChI is InChI=1S/C29H31FN6O3/c1-2-38-23-9-10-26-21(16-23)17-25(29(37)31-26)27(28-32-33-34-36(28)18-24-4-3-15-39-24)35-13-11-20(12-14-35)19-5-7-22(30)8-6-19/h5-11,16-17,24,27H,2-4,12-15,18H2,1H3,(H,31,37)/t24-,27+/m0/s1. The van der Waals surface area contributed by atoms with Crippen LogP contribution in [-0.4, -0.2) is 62.5 Å². The molecule has 1 saturated heterocycles. The average Bonchev–Trinajstić information content (AvgIpc) is 3.63. The van der Waals surface area contributed by atoms with Crippen LogP contribution in [0.2, 0.25) is 0 Å². The van der Waals surface area contributed by atoms with E-state index in [4.69, 9.17) is 9.47 Å². The third-order valence-electron chi connectivity index (χ3n) is 7.48. The van der Waals surface area contributed by atoms with E-state index in [0.717, 1.165) is 53.7 Å². The molecule has 4 aromatic rings. The van der Waals surface area contributed by atoms with Crippen molar-refractivity contribution in [2.24, 2.45) is 0 Å². The molecule has 10 heteroatoms. The Morgan fingerprint density at radius 1 is 1.21 bits per heavy atom. The Balaban J connectivity index is 1.40. The zero-order valence-corrected chi connectivity index (χ0v) is 21.8. The number of hydrogen-bond donors (Lipinski definition) is 1. The molecule has 0 aliphatic carbocycles. The van der Waals surface area contributed by atoms with Gasteiger partial charge in [-0.15, -0.1) is 5.10 Å². The highest BCUT2D eigenvalue weighted by Crippen LogP contribution is 2.32. The number of nitrogens with zero attached hydrogens (tertiary/aromatic N) is 5. The molecule has 2 atom stereocenters. The Hall–Kier alpha value is -3.89. The first kappa shape index (κ1) is 25.4. The van der Waals surface area contributed by atoms with Gasteiger partial charge in [-0.1, -0.05) is 18.2 Å². The van der Waals surface area contributed by atoms with E-state index in [1.807, 2.05) is 31.2 Å². The monoisotopic (exact) mass is 530 g/mol. The fourth-order valence-electron chi connectivity index (χ4n) is 5.52. The van der Waals surface area contributed by atoms with Crippen LogP contribution in [0.25, 0.3) is 16.5 Å². The Morgan fingerprint density at radius 2 is 2.08 bits per heavy atom. The molecule has 6 rings (SSSR count). The number of hydrogen-bond acceptors (Lipinski definition) is 7. The molecule has 1 fully saturated rings. The fraction of sp³-hybridized carbons (Fsp3) is 0.379. The molecule has 9 nitrogen and oxygen atoms in total. The Morgan fingerprint density at radius 3 is 2.82 bits per heavy atom. The Labute approximate surface area is 225 Å². The van der Waals surface area contributed by atoms with Gasteiger partial charge in [-0.25, -0.2) is 9.07 Å². The minimum absolute atomic E-state index is 0.0443. The van der Waals surface area contributed by atoms with Crippen molar-refractivity contribution in [1.29, 1.82) is 0 Å². The maximum atomic E-state index is 13.5. The highest BCUT2D eigenvalue weighted by molar-refractivity contribution is 5.80. The van der Waals surface area contributed by atoms with Crippen molar-refractivity contribution in [3.8, 4) is 5.75 Å². The van der Waals surface area contributed by atoms with Crippen molar-refractivity contribution in [3.05, 3.63) is 87.7 Å². The Kier molecular flexibility index (Phi) is 7.21. The summed E-state index contributed by atoms with van der Waals surface area (Å²) in [5.74, 6) is 1.10. The molecule has 0 amide bonds. The lowest BCUT2D eigenvalue weighted by atomic mass is 9.96. The number of rotatable bonds is 8. The van der Waals surface area contributed by atoms with E-state index in [-0.39, 0.29) is 17.5 Å². The van der Waals surface area contributed by atoms with Crippen LogP contribution in [0.5, 0.6) is 5.75 Å². The number of halogens is 1. The third kappa shape index (κ3) is 5.35. The van der Waals surface area contributed by atoms with E-state index in [9.17, 15) is 9.18 Å². The van der Waals surface area contributed by atoms with E-state index in [1.165, 1.54) is 12.1 Å². The van der Waals surface area contributed by atoms with Gasteiger partial charge in [-0.05, 0) is 84.1 Å². The molecule has 0 radical (unpaired) electrons. The number of H-pyrrole nitrogens is 1. The SMILES string of the molecule is CCOc1ccc2[nH]c(=O)c([C@H](c3nnnn3C[C@@H]3CCCO3)N3CC=C(c4ccc(F)cc4)CC3)cc2c1. The molecule has 2 aliphatic rings. The molecule has 0 spiro atoms. The molecular weight excluding hydrogens is 499 g/mol. The molecule has 39 heavy (non-hydrogen) atoms. The van der Waals surface area contributed by atoms with Gasteiger partial charge in [0.2, 0.25) is 0 Å². The van der Waals surface area contributed by atoms with Crippen molar-refractivity contribution >= 4 is 16.5 Å². The van der Waals surface area contributed by atoms with Crippen LogP contribution in [0.1, 0.15) is 49.2 Å². The summed E-state index contributed by atoms with van der Waals surface area (Å²) in [4.78, 5) is 18.8. The fourth-order valence-corrected chi connectivity index (χ4v) is 5.52. The lowest BCUT2D eigenvalue weighted by molar-refractivity contribution is 0.0910. The van der Waals surface area contributed by atoms with Crippen LogP contribution in [0.15, 0.2) is 59.4 Å². The van der Waals surface area contributed by atoms with Crippen LogP contribution in [0.4, 0.5) is 4.39 Å². The van der Waals surface area contributed by atoms with Gasteiger partial charge in [0.05, 0.1) is 19.3 Å². The molecule has 0 saturated carbocycles. The quantitative estimate of drug-likeness (QED) is 0.366. The van der Waals surface area contributed by atoms with Gasteiger partial charge >= 0.3 is 0 Å². The molecular formula is C29H31FN6O3. The normalized spacial score (nSPS) is 18.8. The Bertz CT molecular complexity index is 1540. The number of tetrazole rings is 1. The predicted octanol–water partition coefficient (Wildman–Crippen LogP) is 4.11. The number of aromatic amines is 1. The molecule has 1 N–H and O–H groups in total. The zero-order chi connectivity index (χ0) is 26.8. The zero-order valence-electron chi connectivity index (χ0n) is 21.8. The van der Waals surface area contributed by atoms with Crippen molar-refractivity contribution < 1.29 is 13.9 Å².